The van der Waals surface area contributed by atoms with Gasteiger partial charge in [-0.1, -0.05) is 54.1 Å². The number of hydrogen-bond donors (Lipinski definition) is 1. The molecule has 1 heterocycles. The maximum Gasteiger partial charge on any atom is 0.223 e. The maximum atomic E-state index is 13.9. The van der Waals surface area contributed by atoms with Gasteiger partial charge in [0.05, 0.1) is 6.04 Å². The van der Waals surface area contributed by atoms with E-state index in [9.17, 15) is 9.18 Å². The smallest absolute Gasteiger partial charge is 0.223 e. The van der Waals surface area contributed by atoms with Crippen molar-refractivity contribution < 1.29 is 13.9 Å². The van der Waals surface area contributed by atoms with E-state index in [0.29, 0.717) is 17.2 Å². The van der Waals surface area contributed by atoms with Gasteiger partial charge in [-0.25, -0.2) is 4.39 Å². The molecule has 1 saturated heterocycles. The first-order chi connectivity index (χ1) is 16.1. The van der Waals surface area contributed by atoms with E-state index < -0.39 is 6.04 Å². The van der Waals surface area contributed by atoms with Crippen LogP contribution >= 0.6 is 11.6 Å². The fourth-order valence-corrected chi connectivity index (χ4v) is 4.31. The Hall–Kier alpha value is -2.89. The largest absolute Gasteiger partial charge is 0.492 e. The van der Waals surface area contributed by atoms with Crippen molar-refractivity contribution in [1.82, 2.24) is 10.2 Å². The van der Waals surface area contributed by atoms with E-state index in [2.05, 4.69) is 10.2 Å². The fraction of sp³-hybridized carbons (Fsp3) is 0.296. The van der Waals surface area contributed by atoms with Gasteiger partial charge in [0.2, 0.25) is 5.91 Å². The minimum Gasteiger partial charge on any atom is -0.492 e. The van der Waals surface area contributed by atoms with Gasteiger partial charge in [-0.2, -0.15) is 0 Å². The number of hydrogen-bond acceptors (Lipinski definition) is 3. The number of para-hydroxylation sites is 1. The topological polar surface area (TPSA) is 41.6 Å². The van der Waals surface area contributed by atoms with Gasteiger partial charge in [-0.15, -0.1) is 0 Å². The van der Waals surface area contributed by atoms with E-state index in [4.69, 9.17) is 16.3 Å². The number of amides is 1. The van der Waals surface area contributed by atoms with Crippen LogP contribution in [0.3, 0.4) is 0 Å². The summed E-state index contributed by atoms with van der Waals surface area (Å²) in [5.74, 6) is 0.475. The summed E-state index contributed by atoms with van der Waals surface area (Å²) in [5.41, 5.74) is 1.58. The minimum atomic E-state index is -0.428. The highest BCUT2D eigenvalue weighted by Crippen LogP contribution is 2.26. The summed E-state index contributed by atoms with van der Waals surface area (Å²) >= 11 is 6.04. The summed E-state index contributed by atoms with van der Waals surface area (Å²) in [5, 5.41) is 3.77. The van der Waals surface area contributed by atoms with Crippen LogP contribution in [-0.4, -0.2) is 37.0 Å². The van der Waals surface area contributed by atoms with Crippen molar-refractivity contribution >= 4 is 17.5 Å². The second-order valence-electron chi connectivity index (χ2n) is 8.33. The molecule has 1 fully saturated rings. The van der Waals surface area contributed by atoms with E-state index in [1.807, 2.05) is 48.5 Å². The van der Waals surface area contributed by atoms with Crippen molar-refractivity contribution in [3.05, 3.63) is 101 Å². The molecule has 0 unspecified atom stereocenters. The second kappa shape index (κ2) is 11.3. The van der Waals surface area contributed by atoms with Gasteiger partial charge < -0.3 is 10.1 Å². The zero-order chi connectivity index (χ0) is 23.0. The van der Waals surface area contributed by atoms with Crippen molar-refractivity contribution in [3.8, 4) is 5.75 Å². The SMILES string of the molecule is O=C(N[C@H](c1ccc(Cl)cc1)c1cccc(F)c1)C1CCN(CCOc2ccccc2)CC1. The number of rotatable bonds is 8. The molecule has 1 atom stereocenters. The molecular weight excluding hydrogens is 439 g/mol. The summed E-state index contributed by atoms with van der Waals surface area (Å²) in [6.45, 7) is 3.16. The third-order valence-electron chi connectivity index (χ3n) is 6.05. The summed E-state index contributed by atoms with van der Waals surface area (Å²) < 4.78 is 19.7. The maximum absolute atomic E-state index is 13.9. The van der Waals surface area contributed by atoms with E-state index in [1.165, 1.54) is 12.1 Å². The van der Waals surface area contributed by atoms with Crippen LogP contribution < -0.4 is 10.1 Å². The molecule has 0 saturated carbocycles. The highest BCUT2D eigenvalue weighted by molar-refractivity contribution is 6.30. The van der Waals surface area contributed by atoms with Gasteiger partial charge in [0.25, 0.3) is 0 Å². The second-order valence-corrected chi connectivity index (χ2v) is 8.76. The van der Waals surface area contributed by atoms with Gasteiger partial charge in [-0.3, -0.25) is 9.69 Å². The lowest BCUT2D eigenvalue weighted by atomic mass is 9.93. The molecule has 0 spiro atoms. The van der Waals surface area contributed by atoms with Crippen LogP contribution in [0.5, 0.6) is 5.75 Å². The first-order valence-corrected chi connectivity index (χ1v) is 11.7. The predicted octanol–water partition coefficient (Wildman–Crippen LogP) is 5.48. The Morgan fingerprint density at radius 1 is 1.00 bits per heavy atom. The number of ether oxygens (including phenoxy) is 1. The predicted molar refractivity (Wildman–Crippen MR) is 129 cm³/mol. The standard InChI is InChI=1S/C27H28ClFN2O2/c28-23-11-9-20(10-12-23)26(22-5-4-6-24(29)19-22)30-27(32)21-13-15-31(16-14-21)17-18-33-25-7-2-1-3-8-25/h1-12,19,21,26H,13-18H2,(H,30,32)/t26-/m1/s1. The zero-order valence-electron chi connectivity index (χ0n) is 18.4. The van der Waals surface area contributed by atoms with Crippen molar-refractivity contribution in [1.29, 1.82) is 0 Å². The Balaban J connectivity index is 1.33. The molecule has 1 amide bonds. The lowest BCUT2D eigenvalue weighted by Crippen LogP contribution is -2.42. The number of nitrogens with zero attached hydrogens (tertiary/aromatic N) is 1. The Morgan fingerprint density at radius 2 is 1.73 bits per heavy atom. The molecule has 1 N–H and O–H groups in total. The highest BCUT2D eigenvalue weighted by Gasteiger charge is 2.27. The van der Waals surface area contributed by atoms with E-state index in [0.717, 1.165) is 43.8 Å². The van der Waals surface area contributed by atoms with Gasteiger partial charge in [0, 0.05) is 17.5 Å². The van der Waals surface area contributed by atoms with Crippen LogP contribution in [0.4, 0.5) is 4.39 Å². The Labute approximate surface area is 199 Å². The molecule has 0 aliphatic carbocycles. The molecule has 6 heteroatoms. The minimum absolute atomic E-state index is 0.000559. The Kier molecular flexibility index (Phi) is 7.97. The monoisotopic (exact) mass is 466 g/mol. The number of carbonyl (C=O) groups is 1. The van der Waals surface area contributed by atoms with E-state index in [1.54, 1.807) is 18.2 Å². The molecule has 3 aromatic carbocycles. The molecule has 0 bridgehead atoms. The molecule has 1 aliphatic heterocycles. The molecule has 0 aromatic heterocycles. The van der Waals surface area contributed by atoms with E-state index >= 15 is 0 Å². The van der Waals surface area contributed by atoms with Crippen LogP contribution in [0.25, 0.3) is 0 Å². The molecule has 172 valence electrons. The Bertz CT molecular complexity index is 1040. The zero-order valence-corrected chi connectivity index (χ0v) is 19.2. The summed E-state index contributed by atoms with van der Waals surface area (Å²) in [6.07, 6.45) is 1.57. The van der Waals surface area contributed by atoms with Gasteiger partial charge in [0.15, 0.2) is 0 Å². The van der Waals surface area contributed by atoms with Crippen LogP contribution in [0, 0.1) is 11.7 Å². The van der Waals surface area contributed by atoms with Crippen molar-refractivity contribution in [2.24, 2.45) is 5.92 Å². The third-order valence-corrected chi connectivity index (χ3v) is 6.30. The van der Waals surface area contributed by atoms with Crippen molar-refractivity contribution in [3.63, 3.8) is 0 Å². The summed E-state index contributed by atoms with van der Waals surface area (Å²) in [4.78, 5) is 15.5. The first kappa shape index (κ1) is 23.3. The molecule has 3 aromatic rings. The van der Waals surface area contributed by atoms with Crippen LogP contribution in [0.2, 0.25) is 5.02 Å². The normalized spacial score (nSPS) is 15.7. The highest BCUT2D eigenvalue weighted by atomic mass is 35.5. The number of carbonyl (C=O) groups excluding carboxylic acids is 1. The average Bonchev–Trinajstić information content (AvgIpc) is 2.84. The van der Waals surface area contributed by atoms with Crippen molar-refractivity contribution in [2.45, 2.75) is 18.9 Å². The number of nitrogens with one attached hydrogen (secondary N) is 1. The van der Waals surface area contributed by atoms with Crippen LogP contribution in [-0.2, 0) is 4.79 Å². The first-order valence-electron chi connectivity index (χ1n) is 11.3. The number of piperidine rings is 1. The molecule has 4 nitrogen and oxygen atoms in total. The number of likely N-dealkylation sites (tertiary alicyclic amines) is 1. The fourth-order valence-electron chi connectivity index (χ4n) is 4.19. The summed E-state index contributed by atoms with van der Waals surface area (Å²) in [6, 6.07) is 23.0. The lowest BCUT2D eigenvalue weighted by molar-refractivity contribution is -0.127. The molecule has 33 heavy (non-hydrogen) atoms. The van der Waals surface area contributed by atoms with E-state index in [-0.39, 0.29) is 17.6 Å². The van der Waals surface area contributed by atoms with Gasteiger partial charge in [0.1, 0.15) is 18.2 Å². The van der Waals surface area contributed by atoms with Crippen LogP contribution in [0.1, 0.15) is 30.0 Å². The molecule has 4 rings (SSSR count). The lowest BCUT2D eigenvalue weighted by Gasteiger charge is -2.32. The van der Waals surface area contributed by atoms with Crippen molar-refractivity contribution in [2.75, 3.05) is 26.2 Å². The quantitative estimate of drug-likeness (QED) is 0.478. The number of benzene rings is 3. The van der Waals surface area contributed by atoms with Gasteiger partial charge in [-0.05, 0) is 73.5 Å². The Morgan fingerprint density at radius 3 is 2.42 bits per heavy atom. The molecule has 0 radical (unpaired) electrons. The summed E-state index contributed by atoms with van der Waals surface area (Å²) in [7, 11) is 0. The number of halogens is 2. The van der Waals surface area contributed by atoms with Gasteiger partial charge >= 0.3 is 0 Å². The van der Waals surface area contributed by atoms with Crippen LogP contribution in [0.15, 0.2) is 78.9 Å². The third kappa shape index (κ3) is 6.56. The molecule has 1 aliphatic rings. The average molecular weight is 467 g/mol. The molecular formula is C27H28ClFN2O2.